The summed E-state index contributed by atoms with van der Waals surface area (Å²) in [5.74, 6) is -0.218. The first-order chi connectivity index (χ1) is 15.4. The molecule has 5 nitrogen and oxygen atoms in total. The number of hydrogen-bond donors (Lipinski definition) is 1. The molecule has 0 spiro atoms. The molecule has 3 aromatic carbocycles. The third kappa shape index (κ3) is 5.33. The van der Waals surface area contributed by atoms with Crippen LogP contribution < -0.4 is 5.32 Å². The van der Waals surface area contributed by atoms with Gasteiger partial charge in [0.2, 0.25) is 0 Å². The number of carbonyl (C=O) groups is 1. The molecule has 1 N–H and O–H groups in total. The van der Waals surface area contributed by atoms with E-state index in [0.29, 0.717) is 17.7 Å². The third-order valence-corrected chi connectivity index (χ3v) is 4.87. The maximum Gasteiger partial charge on any atom is 0.411 e. The van der Waals surface area contributed by atoms with Gasteiger partial charge in [-0.2, -0.15) is 13.2 Å². The lowest BCUT2D eigenvalue weighted by Crippen LogP contribution is -2.22. The second-order valence-electron chi connectivity index (χ2n) is 7.26. The number of para-hydroxylation sites is 2. The molecule has 4 rings (SSSR count). The van der Waals surface area contributed by atoms with E-state index in [1.807, 2.05) is 41.0 Å². The fourth-order valence-corrected chi connectivity index (χ4v) is 3.26. The number of hydrogen-bond acceptors (Lipinski definition) is 3. The minimum atomic E-state index is -4.34. The second kappa shape index (κ2) is 9.23. The Morgan fingerprint density at radius 2 is 1.62 bits per heavy atom. The number of carbonyl (C=O) groups excluding carboxylic acids is 1. The van der Waals surface area contributed by atoms with Crippen molar-refractivity contribution in [2.75, 3.05) is 6.61 Å². The van der Waals surface area contributed by atoms with E-state index >= 15 is 0 Å². The number of amides is 1. The fourth-order valence-electron chi connectivity index (χ4n) is 3.26. The summed E-state index contributed by atoms with van der Waals surface area (Å²) in [7, 11) is 0. The molecule has 1 heterocycles. The van der Waals surface area contributed by atoms with Gasteiger partial charge in [0.1, 0.15) is 12.9 Å². The zero-order valence-electron chi connectivity index (χ0n) is 17.0. The van der Waals surface area contributed by atoms with Gasteiger partial charge in [0.15, 0.2) is 0 Å². The summed E-state index contributed by atoms with van der Waals surface area (Å²) in [6, 6.07) is 21.9. The average Bonchev–Trinajstić information content (AvgIpc) is 3.22. The molecular weight excluding hydrogens is 419 g/mol. The summed E-state index contributed by atoms with van der Waals surface area (Å²) in [6.07, 6.45) is -2.59. The van der Waals surface area contributed by atoms with Crippen LogP contribution in [0, 0.1) is 0 Å². The molecule has 0 aliphatic heterocycles. The first-order valence-electron chi connectivity index (χ1n) is 9.92. The number of ether oxygens (including phenoxy) is 1. The van der Waals surface area contributed by atoms with E-state index in [1.54, 1.807) is 42.7 Å². The summed E-state index contributed by atoms with van der Waals surface area (Å²) in [6.45, 7) is -1.10. The minimum absolute atomic E-state index is 0.120. The number of fused-ring (bicyclic) bond motifs is 1. The van der Waals surface area contributed by atoms with Crippen LogP contribution in [0.2, 0.25) is 0 Å². The van der Waals surface area contributed by atoms with Crippen LogP contribution in [0.4, 0.5) is 13.2 Å². The zero-order chi connectivity index (χ0) is 22.6. The zero-order valence-corrected chi connectivity index (χ0v) is 17.0. The molecule has 0 fully saturated rings. The minimum Gasteiger partial charge on any atom is -0.367 e. The monoisotopic (exact) mass is 439 g/mol. The Hall–Kier alpha value is -3.65. The molecule has 0 saturated carbocycles. The Bertz CT molecular complexity index is 1200. The van der Waals surface area contributed by atoms with E-state index < -0.39 is 12.8 Å². The lowest BCUT2D eigenvalue weighted by atomic mass is 10.1. The highest BCUT2D eigenvalue weighted by molar-refractivity contribution is 5.94. The molecule has 0 unspecified atom stereocenters. The summed E-state index contributed by atoms with van der Waals surface area (Å²) >= 11 is 0. The predicted molar refractivity (Wildman–Crippen MR) is 114 cm³/mol. The van der Waals surface area contributed by atoms with Crippen LogP contribution >= 0.6 is 0 Å². The first-order valence-corrected chi connectivity index (χ1v) is 9.92. The number of aromatic nitrogens is 2. The van der Waals surface area contributed by atoms with Crippen molar-refractivity contribution in [3.8, 4) is 5.69 Å². The van der Waals surface area contributed by atoms with Gasteiger partial charge in [-0.15, -0.1) is 0 Å². The summed E-state index contributed by atoms with van der Waals surface area (Å²) in [4.78, 5) is 16.8. The smallest absolute Gasteiger partial charge is 0.367 e. The van der Waals surface area contributed by atoms with Gasteiger partial charge in [-0.1, -0.05) is 36.4 Å². The van der Waals surface area contributed by atoms with Crippen molar-refractivity contribution in [1.29, 1.82) is 0 Å². The molecule has 0 bridgehead atoms. The average molecular weight is 439 g/mol. The van der Waals surface area contributed by atoms with Crippen LogP contribution in [0.1, 0.15) is 21.5 Å². The molecule has 0 aliphatic rings. The fraction of sp³-hybridized carbons (Fsp3) is 0.167. The molecule has 1 amide bonds. The van der Waals surface area contributed by atoms with Gasteiger partial charge >= 0.3 is 6.18 Å². The highest BCUT2D eigenvalue weighted by atomic mass is 19.4. The third-order valence-electron chi connectivity index (χ3n) is 4.87. The number of nitrogens with one attached hydrogen (secondary N) is 1. The molecule has 8 heteroatoms. The Kier molecular flexibility index (Phi) is 6.23. The van der Waals surface area contributed by atoms with Crippen molar-refractivity contribution in [3.05, 3.63) is 95.8 Å². The quantitative estimate of drug-likeness (QED) is 0.439. The number of imidazole rings is 1. The maximum absolute atomic E-state index is 12.5. The number of rotatable bonds is 7. The van der Waals surface area contributed by atoms with E-state index in [2.05, 4.69) is 15.0 Å². The van der Waals surface area contributed by atoms with Gasteiger partial charge in [0, 0.05) is 17.8 Å². The summed E-state index contributed by atoms with van der Waals surface area (Å²) in [5.41, 5.74) is 4.77. The number of benzene rings is 3. The van der Waals surface area contributed by atoms with Gasteiger partial charge in [-0.3, -0.25) is 9.36 Å². The van der Waals surface area contributed by atoms with Crippen LogP contribution in [-0.4, -0.2) is 28.2 Å². The van der Waals surface area contributed by atoms with Gasteiger partial charge < -0.3 is 10.1 Å². The topological polar surface area (TPSA) is 56.1 Å². The van der Waals surface area contributed by atoms with Crippen molar-refractivity contribution in [2.45, 2.75) is 19.3 Å². The van der Waals surface area contributed by atoms with Gasteiger partial charge in [-0.05, 0) is 47.5 Å². The van der Waals surface area contributed by atoms with Gasteiger partial charge in [0.05, 0.1) is 17.6 Å². The normalized spacial score (nSPS) is 11.6. The lowest BCUT2D eigenvalue weighted by molar-refractivity contribution is -0.176. The van der Waals surface area contributed by atoms with Crippen LogP contribution in [0.15, 0.2) is 79.1 Å². The highest BCUT2D eigenvalue weighted by Gasteiger charge is 2.27. The molecule has 4 aromatic rings. The second-order valence-corrected chi connectivity index (χ2v) is 7.26. The summed E-state index contributed by atoms with van der Waals surface area (Å²) in [5, 5.41) is 2.84. The van der Waals surface area contributed by atoms with Crippen molar-refractivity contribution in [1.82, 2.24) is 14.9 Å². The van der Waals surface area contributed by atoms with Crippen molar-refractivity contribution < 1.29 is 22.7 Å². The van der Waals surface area contributed by atoms with Crippen LogP contribution in [0.5, 0.6) is 0 Å². The van der Waals surface area contributed by atoms with Crippen LogP contribution in [-0.2, 0) is 17.9 Å². The molecule has 32 heavy (non-hydrogen) atoms. The Balaban J connectivity index is 1.32. The number of halogens is 3. The Morgan fingerprint density at radius 3 is 2.34 bits per heavy atom. The molecule has 0 atom stereocenters. The number of alkyl halides is 3. The largest absolute Gasteiger partial charge is 0.411 e. The summed E-state index contributed by atoms with van der Waals surface area (Å²) < 4.78 is 43.0. The van der Waals surface area contributed by atoms with E-state index in [1.165, 1.54) is 0 Å². The Labute approximate surface area is 182 Å². The lowest BCUT2D eigenvalue weighted by Gasteiger charge is -2.09. The molecule has 0 aliphatic carbocycles. The standard InChI is InChI=1S/C24H20F3N3O2/c25-24(26,27)15-32-14-18-7-5-17(6-8-18)13-28-23(31)19-9-11-20(12-10-19)30-16-29-21-3-1-2-4-22(21)30/h1-12,16H,13-15H2,(H,28,31). The van der Waals surface area contributed by atoms with Crippen molar-refractivity contribution in [3.63, 3.8) is 0 Å². The van der Waals surface area contributed by atoms with Crippen molar-refractivity contribution >= 4 is 16.9 Å². The maximum atomic E-state index is 12.5. The van der Waals surface area contributed by atoms with E-state index in [-0.39, 0.29) is 12.5 Å². The molecule has 0 radical (unpaired) electrons. The molecule has 1 aromatic heterocycles. The van der Waals surface area contributed by atoms with E-state index in [4.69, 9.17) is 0 Å². The molecule has 0 saturated heterocycles. The molecule has 164 valence electrons. The van der Waals surface area contributed by atoms with Crippen LogP contribution in [0.25, 0.3) is 16.7 Å². The SMILES string of the molecule is O=C(NCc1ccc(COCC(F)(F)F)cc1)c1ccc(-n2cnc3ccccc32)cc1. The molecular formula is C24H20F3N3O2. The van der Waals surface area contributed by atoms with Crippen LogP contribution in [0.3, 0.4) is 0 Å². The Morgan fingerprint density at radius 1 is 0.938 bits per heavy atom. The number of nitrogens with zero attached hydrogens (tertiary/aromatic N) is 2. The van der Waals surface area contributed by atoms with Gasteiger partial charge in [0.25, 0.3) is 5.91 Å². The van der Waals surface area contributed by atoms with Crippen molar-refractivity contribution in [2.24, 2.45) is 0 Å². The predicted octanol–water partition coefficient (Wildman–Crippen LogP) is 5.03. The van der Waals surface area contributed by atoms with E-state index in [9.17, 15) is 18.0 Å². The van der Waals surface area contributed by atoms with Gasteiger partial charge in [-0.25, -0.2) is 4.98 Å². The van der Waals surface area contributed by atoms with E-state index in [0.717, 1.165) is 22.3 Å². The highest BCUT2D eigenvalue weighted by Crippen LogP contribution is 2.19. The first kappa shape index (κ1) is 21.6.